The van der Waals surface area contributed by atoms with Crippen molar-refractivity contribution in [3.05, 3.63) is 35.9 Å². The molecule has 0 amide bonds. The summed E-state index contributed by atoms with van der Waals surface area (Å²) < 4.78 is 0.193. The van der Waals surface area contributed by atoms with Gasteiger partial charge < -0.3 is 5.11 Å². The van der Waals surface area contributed by atoms with Gasteiger partial charge in [0.2, 0.25) is 0 Å². The molecule has 1 N–H and O–H groups in total. The van der Waals surface area contributed by atoms with Gasteiger partial charge in [0, 0.05) is 10.00 Å². The molecular formula is C13H18OS. The second-order valence-electron chi connectivity index (χ2n) is 4.87. The van der Waals surface area contributed by atoms with E-state index in [2.05, 4.69) is 38.1 Å². The third-order valence-corrected chi connectivity index (χ3v) is 4.40. The summed E-state index contributed by atoms with van der Waals surface area (Å²) in [5.41, 5.74) is 1.34. The first kappa shape index (κ1) is 11.0. The van der Waals surface area contributed by atoms with Gasteiger partial charge in [0.05, 0.1) is 6.10 Å². The Morgan fingerprint density at radius 3 is 2.53 bits per heavy atom. The van der Waals surface area contributed by atoms with Crippen molar-refractivity contribution in [2.75, 3.05) is 0 Å². The van der Waals surface area contributed by atoms with E-state index in [9.17, 15) is 5.11 Å². The van der Waals surface area contributed by atoms with Crippen LogP contribution >= 0.6 is 11.8 Å². The molecule has 1 aliphatic rings. The molecule has 0 spiro atoms. The average molecular weight is 222 g/mol. The summed E-state index contributed by atoms with van der Waals surface area (Å²) in [5, 5.41) is 10.3. The maximum atomic E-state index is 9.86. The molecule has 0 saturated carbocycles. The molecule has 1 aliphatic heterocycles. The Kier molecular flexibility index (Phi) is 3.08. The van der Waals surface area contributed by atoms with E-state index in [1.165, 1.54) is 5.56 Å². The Morgan fingerprint density at radius 1 is 1.27 bits per heavy atom. The fourth-order valence-electron chi connectivity index (χ4n) is 2.25. The lowest BCUT2D eigenvalue weighted by atomic mass is 9.97. The summed E-state index contributed by atoms with van der Waals surface area (Å²) in [7, 11) is 0. The normalized spacial score (nSPS) is 30.1. The van der Waals surface area contributed by atoms with Gasteiger partial charge in [-0.15, -0.1) is 11.8 Å². The largest absolute Gasteiger partial charge is 0.393 e. The van der Waals surface area contributed by atoms with Crippen LogP contribution in [0.25, 0.3) is 0 Å². The van der Waals surface area contributed by atoms with Crippen LogP contribution in [0, 0.1) is 0 Å². The predicted molar refractivity (Wildman–Crippen MR) is 66.1 cm³/mol. The molecule has 1 aromatic rings. The van der Waals surface area contributed by atoms with Gasteiger partial charge in [0.25, 0.3) is 0 Å². The molecule has 1 aromatic carbocycles. The lowest BCUT2D eigenvalue weighted by Gasteiger charge is -2.37. The van der Waals surface area contributed by atoms with Gasteiger partial charge in [0.15, 0.2) is 0 Å². The SMILES string of the molecule is CC1(C)C[C@@H](O)C[C@H](c2ccccc2)S1. The van der Waals surface area contributed by atoms with Crippen LogP contribution in [0.3, 0.4) is 0 Å². The molecule has 1 nitrogen and oxygen atoms in total. The average Bonchev–Trinajstić information content (AvgIpc) is 2.16. The second kappa shape index (κ2) is 4.18. The van der Waals surface area contributed by atoms with Crippen molar-refractivity contribution < 1.29 is 5.11 Å². The number of benzene rings is 1. The summed E-state index contributed by atoms with van der Waals surface area (Å²) in [6.07, 6.45) is 1.64. The molecule has 15 heavy (non-hydrogen) atoms. The van der Waals surface area contributed by atoms with E-state index in [0.717, 1.165) is 12.8 Å². The molecule has 2 heteroatoms. The van der Waals surface area contributed by atoms with Gasteiger partial charge >= 0.3 is 0 Å². The number of rotatable bonds is 1. The van der Waals surface area contributed by atoms with Crippen molar-refractivity contribution in [1.29, 1.82) is 0 Å². The molecule has 2 rings (SSSR count). The molecule has 0 bridgehead atoms. The van der Waals surface area contributed by atoms with E-state index in [-0.39, 0.29) is 10.9 Å². The summed E-state index contributed by atoms with van der Waals surface area (Å²) in [6.45, 7) is 4.44. The maximum absolute atomic E-state index is 9.86. The molecule has 0 unspecified atom stereocenters. The number of hydrogen-bond acceptors (Lipinski definition) is 2. The molecular weight excluding hydrogens is 204 g/mol. The van der Waals surface area contributed by atoms with Crippen LogP contribution in [0.1, 0.15) is 37.5 Å². The summed E-state index contributed by atoms with van der Waals surface area (Å²) in [4.78, 5) is 0. The third kappa shape index (κ3) is 2.76. The van der Waals surface area contributed by atoms with E-state index in [1.807, 2.05) is 17.8 Å². The fraction of sp³-hybridized carbons (Fsp3) is 0.538. The Hall–Kier alpha value is -0.470. The highest BCUT2D eigenvalue weighted by Gasteiger charge is 2.34. The summed E-state index contributed by atoms with van der Waals surface area (Å²) >= 11 is 1.99. The molecule has 1 fully saturated rings. The molecule has 1 saturated heterocycles. The van der Waals surface area contributed by atoms with Gasteiger partial charge in [-0.2, -0.15) is 0 Å². The molecule has 0 radical (unpaired) electrons. The zero-order valence-corrected chi connectivity index (χ0v) is 10.1. The van der Waals surface area contributed by atoms with Crippen LogP contribution in [-0.4, -0.2) is 16.0 Å². The lowest BCUT2D eigenvalue weighted by Crippen LogP contribution is -2.31. The minimum atomic E-state index is -0.147. The smallest absolute Gasteiger partial charge is 0.0567 e. The minimum absolute atomic E-state index is 0.147. The lowest BCUT2D eigenvalue weighted by molar-refractivity contribution is 0.138. The van der Waals surface area contributed by atoms with Crippen molar-refractivity contribution in [2.24, 2.45) is 0 Å². The zero-order chi connectivity index (χ0) is 10.9. The molecule has 0 aromatic heterocycles. The Bertz CT molecular complexity index is 321. The van der Waals surface area contributed by atoms with Gasteiger partial charge in [-0.3, -0.25) is 0 Å². The van der Waals surface area contributed by atoms with E-state index < -0.39 is 0 Å². The highest BCUT2D eigenvalue weighted by molar-refractivity contribution is 8.00. The van der Waals surface area contributed by atoms with Gasteiger partial charge in [-0.1, -0.05) is 44.2 Å². The Morgan fingerprint density at radius 2 is 1.93 bits per heavy atom. The Balaban J connectivity index is 2.17. The van der Waals surface area contributed by atoms with Gasteiger partial charge in [-0.25, -0.2) is 0 Å². The van der Waals surface area contributed by atoms with Crippen molar-refractivity contribution in [3.63, 3.8) is 0 Å². The quantitative estimate of drug-likeness (QED) is 0.786. The van der Waals surface area contributed by atoms with Crippen molar-refractivity contribution in [2.45, 2.75) is 42.8 Å². The first-order valence-corrected chi connectivity index (χ1v) is 6.36. The van der Waals surface area contributed by atoms with E-state index >= 15 is 0 Å². The third-order valence-electron chi connectivity index (χ3n) is 2.85. The second-order valence-corrected chi connectivity index (χ2v) is 6.78. The minimum Gasteiger partial charge on any atom is -0.393 e. The van der Waals surface area contributed by atoms with Crippen LogP contribution in [0.5, 0.6) is 0 Å². The highest BCUT2D eigenvalue weighted by atomic mass is 32.2. The molecule has 1 heterocycles. The van der Waals surface area contributed by atoms with Crippen LogP contribution < -0.4 is 0 Å². The van der Waals surface area contributed by atoms with Crippen molar-refractivity contribution >= 4 is 11.8 Å². The number of thioether (sulfide) groups is 1. The standard InChI is InChI=1S/C13H18OS/c1-13(2)9-11(14)8-12(15-13)10-6-4-3-5-7-10/h3-7,11-12,14H,8-9H2,1-2H3/t11-,12+/m0/s1. The first-order valence-electron chi connectivity index (χ1n) is 5.48. The molecule has 0 aliphatic carbocycles. The van der Waals surface area contributed by atoms with Gasteiger partial charge in [0.1, 0.15) is 0 Å². The fourth-order valence-corrected chi connectivity index (χ4v) is 3.92. The number of hydrogen-bond donors (Lipinski definition) is 1. The van der Waals surface area contributed by atoms with Crippen molar-refractivity contribution in [1.82, 2.24) is 0 Å². The number of aliphatic hydroxyl groups is 1. The van der Waals surface area contributed by atoms with Gasteiger partial charge in [-0.05, 0) is 18.4 Å². The van der Waals surface area contributed by atoms with E-state index in [0.29, 0.717) is 5.25 Å². The topological polar surface area (TPSA) is 20.2 Å². The zero-order valence-electron chi connectivity index (χ0n) is 9.31. The summed E-state index contributed by atoms with van der Waals surface area (Å²) in [5.74, 6) is 0. The van der Waals surface area contributed by atoms with Crippen molar-refractivity contribution in [3.8, 4) is 0 Å². The van der Waals surface area contributed by atoms with Crippen LogP contribution in [0.15, 0.2) is 30.3 Å². The van der Waals surface area contributed by atoms with Crippen LogP contribution in [-0.2, 0) is 0 Å². The van der Waals surface area contributed by atoms with Crippen LogP contribution in [0.2, 0.25) is 0 Å². The Labute approximate surface area is 95.9 Å². The number of aliphatic hydroxyl groups excluding tert-OH is 1. The summed E-state index contributed by atoms with van der Waals surface area (Å²) in [6, 6.07) is 10.5. The first-order chi connectivity index (χ1) is 7.07. The highest BCUT2D eigenvalue weighted by Crippen LogP contribution is 2.48. The predicted octanol–water partition coefficient (Wildman–Crippen LogP) is 3.39. The maximum Gasteiger partial charge on any atom is 0.0567 e. The monoisotopic (exact) mass is 222 g/mol. The van der Waals surface area contributed by atoms with Crippen LogP contribution in [0.4, 0.5) is 0 Å². The van der Waals surface area contributed by atoms with E-state index in [1.54, 1.807) is 0 Å². The van der Waals surface area contributed by atoms with E-state index in [4.69, 9.17) is 0 Å². The molecule has 2 atom stereocenters. The molecule has 82 valence electrons.